The number of carbonyl (C=O) groups excluding carboxylic acids is 1. The molecule has 0 spiro atoms. The second kappa shape index (κ2) is 8.35. The number of aromatic amines is 1. The Morgan fingerprint density at radius 1 is 1.29 bits per heavy atom. The third kappa shape index (κ3) is 5.35. The van der Waals surface area contributed by atoms with Crippen LogP contribution >= 0.6 is 7.14 Å². The van der Waals surface area contributed by atoms with E-state index in [1.807, 2.05) is 26.0 Å². The lowest BCUT2D eigenvalue weighted by molar-refractivity contribution is 0.0981. The number of ether oxygens (including phenoxy) is 1. The lowest BCUT2D eigenvalue weighted by atomic mass is 10.0. The highest BCUT2D eigenvalue weighted by molar-refractivity contribution is 7.70. The number of carbonyl (C=O) groups is 1. The summed E-state index contributed by atoms with van der Waals surface area (Å²) in [5, 5.41) is 14.0. The minimum atomic E-state index is -2.31. The van der Waals surface area contributed by atoms with Gasteiger partial charge in [-0.2, -0.15) is 5.10 Å². The van der Waals surface area contributed by atoms with E-state index < -0.39 is 7.14 Å². The van der Waals surface area contributed by atoms with E-state index in [2.05, 4.69) is 25.8 Å². The van der Waals surface area contributed by atoms with Crippen LogP contribution in [-0.4, -0.2) is 46.8 Å². The molecule has 0 aromatic carbocycles. The van der Waals surface area contributed by atoms with Gasteiger partial charge in [0.15, 0.2) is 5.82 Å². The summed E-state index contributed by atoms with van der Waals surface area (Å²) in [4.78, 5) is 16.1. The van der Waals surface area contributed by atoms with Crippen LogP contribution in [0.15, 0.2) is 24.4 Å². The highest BCUT2D eigenvalue weighted by atomic mass is 31.2. The number of alkyl carbamates (subject to hydrolysis) is 1. The van der Waals surface area contributed by atoms with Gasteiger partial charge < -0.3 is 19.9 Å². The quantitative estimate of drug-likeness (QED) is 0.634. The van der Waals surface area contributed by atoms with E-state index in [-0.39, 0.29) is 24.2 Å². The molecule has 8 nitrogen and oxygen atoms in total. The first-order valence-electron chi connectivity index (χ1n) is 9.52. The smallest absolute Gasteiger partial charge is 0.407 e. The van der Waals surface area contributed by atoms with Crippen molar-refractivity contribution in [3.63, 3.8) is 0 Å². The molecule has 3 N–H and O–H groups in total. The van der Waals surface area contributed by atoms with E-state index in [0.29, 0.717) is 11.6 Å². The molecule has 0 unspecified atom stereocenters. The molecule has 1 aliphatic carbocycles. The summed E-state index contributed by atoms with van der Waals surface area (Å²) in [5.74, 6) is 1.60. The molecule has 1 amide bonds. The van der Waals surface area contributed by atoms with Crippen molar-refractivity contribution in [2.45, 2.75) is 51.2 Å². The molecule has 0 radical (unpaired) electrons. The maximum absolute atomic E-state index is 12.1. The highest BCUT2D eigenvalue weighted by Crippen LogP contribution is 2.36. The van der Waals surface area contributed by atoms with E-state index >= 15 is 0 Å². The molecule has 3 rings (SSSR count). The molecule has 28 heavy (non-hydrogen) atoms. The van der Waals surface area contributed by atoms with Gasteiger partial charge in [0, 0.05) is 35.2 Å². The molecule has 2 heterocycles. The Morgan fingerprint density at radius 3 is 2.71 bits per heavy atom. The maximum Gasteiger partial charge on any atom is 0.407 e. The molecule has 1 fully saturated rings. The van der Waals surface area contributed by atoms with Crippen molar-refractivity contribution in [3.8, 4) is 0 Å². The summed E-state index contributed by atoms with van der Waals surface area (Å²) < 4.78 is 17.6. The van der Waals surface area contributed by atoms with Gasteiger partial charge in [-0.1, -0.05) is 0 Å². The molecule has 9 heteroatoms. The van der Waals surface area contributed by atoms with Crippen LogP contribution in [0.3, 0.4) is 0 Å². The summed E-state index contributed by atoms with van der Waals surface area (Å²) in [5.41, 5.74) is 1.01. The fourth-order valence-corrected chi connectivity index (χ4v) is 4.04. The molecule has 1 aliphatic rings. The van der Waals surface area contributed by atoms with Gasteiger partial charge >= 0.3 is 6.09 Å². The average molecular weight is 405 g/mol. The minimum absolute atomic E-state index is 0.0650. The Labute approximate surface area is 165 Å². The van der Waals surface area contributed by atoms with Crippen LogP contribution in [0.4, 0.5) is 16.4 Å². The van der Waals surface area contributed by atoms with Gasteiger partial charge in [-0.15, -0.1) is 0 Å². The number of aromatic nitrogens is 3. The number of pyridine rings is 1. The zero-order valence-electron chi connectivity index (χ0n) is 16.7. The van der Waals surface area contributed by atoms with Gasteiger partial charge in [-0.3, -0.25) is 5.10 Å². The van der Waals surface area contributed by atoms with Crippen LogP contribution in [0.25, 0.3) is 0 Å². The molecular formula is C19H28N5O3P. The summed E-state index contributed by atoms with van der Waals surface area (Å²) in [6.45, 7) is 7.26. The van der Waals surface area contributed by atoms with Crippen molar-refractivity contribution in [1.29, 1.82) is 0 Å². The van der Waals surface area contributed by atoms with Crippen LogP contribution in [0.2, 0.25) is 0 Å². The fourth-order valence-electron chi connectivity index (χ4n) is 3.27. The molecule has 0 bridgehead atoms. The Morgan fingerprint density at radius 2 is 2.07 bits per heavy atom. The van der Waals surface area contributed by atoms with Crippen LogP contribution in [0.5, 0.6) is 0 Å². The molecule has 2 atom stereocenters. The van der Waals surface area contributed by atoms with E-state index in [9.17, 15) is 9.36 Å². The third-order valence-electron chi connectivity index (χ3n) is 4.73. The normalized spacial score (nSPS) is 19.6. The minimum Gasteiger partial charge on any atom is -0.446 e. The van der Waals surface area contributed by atoms with Crippen molar-refractivity contribution in [1.82, 2.24) is 20.5 Å². The van der Waals surface area contributed by atoms with E-state index in [1.54, 1.807) is 25.6 Å². The van der Waals surface area contributed by atoms with Gasteiger partial charge in [-0.05, 0) is 58.6 Å². The van der Waals surface area contributed by atoms with Gasteiger partial charge in [-0.25, -0.2) is 9.78 Å². The Hall–Kier alpha value is -2.34. The highest BCUT2D eigenvalue weighted by Gasteiger charge is 2.30. The number of hydrogen-bond acceptors (Lipinski definition) is 6. The molecule has 2 aromatic rings. The second-order valence-corrected chi connectivity index (χ2v) is 11.1. The molecular weight excluding hydrogens is 377 g/mol. The molecule has 0 aliphatic heterocycles. The zero-order valence-corrected chi connectivity index (χ0v) is 17.6. The Balaban J connectivity index is 1.56. The third-order valence-corrected chi connectivity index (χ3v) is 6.24. The largest absolute Gasteiger partial charge is 0.446 e. The lowest BCUT2D eigenvalue weighted by Gasteiger charge is -2.14. The van der Waals surface area contributed by atoms with Crippen molar-refractivity contribution >= 4 is 30.2 Å². The molecule has 1 saturated carbocycles. The summed E-state index contributed by atoms with van der Waals surface area (Å²) in [6.07, 6.45) is 3.77. The van der Waals surface area contributed by atoms with Crippen LogP contribution in [0, 0.1) is 0 Å². The first-order valence-corrected chi connectivity index (χ1v) is 12.1. The number of nitrogens with one attached hydrogen (secondary N) is 3. The van der Waals surface area contributed by atoms with Gasteiger partial charge in [0.1, 0.15) is 19.1 Å². The zero-order chi connectivity index (χ0) is 20.3. The SMILES string of the molecule is CC(C)NC(=O)O[C@H]1CC[C@@H](c2cc(Nc3ccc(P(C)(C)=O)cn3)n[nH]2)C1. The van der Waals surface area contributed by atoms with Gasteiger partial charge in [0.25, 0.3) is 0 Å². The number of anilines is 2. The number of nitrogens with zero attached hydrogens (tertiary/aromatic N) is 2. The number of H-pyrrole nitrogens is 1. The van der Waals surface area contributed by atoms with E-state index in [1.165, 1.54) is 0 Å². The predicted molar refractivity (Wildman–Crippen MR) is 110 cm³/mol. The van der Waals surface area contributed by atoms with Crippen LogP contribution < -0.4 is 15.9 Å². The van der Waals surface area contributed by atoms with Crippen molar-refractivity contribution < 1.29 is 14.1 Å². The predicted octanol–water partition coefficient (Wildman–Crippen LogP) is 3.57. The summed E-state index contributed by atoms with van der Waals surface area (Å²) in [7, 11) is -2.31. The number of amides is 1. The fraction of sp³-hybridized carbons (Fsp3) is 0.526. The molecule has 2 aromatic heterocycles. The standard InChI is InChI=1S/C19H28N5O3P/c1-12(2)21-19(25)27-14-6-5-13(9-14)16-10-18(24-23-16)22-17-8-7-15(11-20-17)28(3,4)26/h7-8,10-14H,5-6,9H2,1-4H3,(H,21,25)(H2,20,22,23,24)/t13-,14+/m1/s1. The Kier molecular flexibility index (Phi) is 6.08. The van der Waals surface area contributed by atoms with Crippen molar-refractivity contribution in [2.75, 3.05) is 18.6 Å². The average Bonchev–Trinajstić information content (AvgIpc) is 3.23. The van der Waals surface area contributed by atoms with Crippen LogP contribution in [-0.2, 0) is 9.30 Å². The number of hydrogen-bond donors (Lipinski definition) is 3. The second-order valence-electron chi connectivity index (χ2n) is 7.92. The van der Waals surface area contributed by atoms with Gasteiger partial charge in [0.2, 0.25) is 0 Å². The van der Waals surface area contributed by atoms with E-state index in [0.717, 1.165) is 30.3 Å². The monoisotopic (exact) mass is 405 g/mol. The maximum atomic E-state index is 12.1. The topological polar surface area (TPSA) is 109 Å². The first-order chi connectivity index (χ1) is 13.2. The van der Waals surface area contributed by atoms with E-state index in [4.69, 9.17) is 4.74 Å². The summed E-state index contributed by atoms with van der Waals surface area (Å²) in [6, 6.07) is 5.65. The van der Waals surface area contributed by atoms with Gasteiger partial charge in [0.05, 0.1) is 0 Å². The van der Waals surface area contributed by atoms with Crippen molar-refractivity contribution in [3.05, 3.63) is 30.1 Å². The van der Waals surface area contributed by atoms with Crippen LogP contribution in [0.1, 0.15) is 44.7 Å². The molecule has 0 saturated heterocycles. The lowest BCUT2D eigenvalue weighted by Crippen LogP contribution is -2.33. The number of rotatable bonds is 6. The molecule has 152 valence electrons. The summed E-state index contributed by atoms with van der Waals surface area (Å²) >= 11 is 0. The first kappa shape index (κ1) is 20.4. The van der Waals surface area contributed by atoms with Crippen molar-refractivity contribution in [2.24, 2.45) is 0 Å². The Bertz CT molecular complexity index is 859.